The number of aryl methyl sites for hydroxylation is 1. The van der Waals surface area contributed by atoms with Crippen LogP contribution in [0.25, 0.3) is 16.7 Å². The Balaban J connectivity index is 1.36. The topological polar surface area (TPSA) is 87.4 Å². The first-order valence-electron chi connectivity index (χ1n) is 11.9. The van der Waals surface area contributed by atoms with Crippen LogP contribution in [-0.4, -0.2) is 52.3 Å². The minimum Gasteiger partial charge on any atom is -0.361 e. The van der Waals surface area contributed by atoms with Gasteiger partial charge in [-0.25, -0.2) is 9.97 Å². The molecule has 3 aliphatic heterocycles. The molecule has 0 spiro atoms. The van der Waals surface area contributed by atoms with E-state index in [1.807, 2.05) is 49.1 Å². The quantitative estimate of drug-likeness (QED) is 0.631. The Labute approximate surface area is 198 Å². The number of nitrogens with zero attached hydrogens (tertiary/aromatic N) is 5. The van der Waals surface area contributed by atoms with E-state index in [-0.39, 0.29) is 11.9 Å². The highest BCUT2D eigenvalue weighted by atomic mass is 16.2. The van der Waals surface area contributed by atoms with Gasteiger partial charge in [0, 0.05) is 56.2 Å². The number of rotatable bonds is 4. The number of fused-ring (bicyclic) bond motifs is 2. The zero-order chi connectivity index (χ0) is 23.4. The summed E-state index contributed by atoms with van der Waals surface area (Å²) in [6.07, 6.45) is 6.86. The summed E-state index contributed by atoms with van der Waals surface area (Å²) in [5.74, 6) is 2.42. The van der Waals surface area contributed by atoms with E-state index in [2.05, 4.69) is 39.6 Å². The van der Waals surface area contributed by atoms with E-state index in [4.69, 9.17) is 9.98 Å². The molecule has 2 unspecified atom stereocenters. The summed E-state index contributed by atoms with van der Waals surface area (Å²) in [7, 11) is 1.98. The van der Waals surface area contributed by atoms with Crippen LogP contribution in [0, 0.1) is 11.3 Å². The Kier molecular flexibility index (Phi) is 4.72. The van der Waals surface area contributed by atoms with E-state index in [0.29, 0.717) is 12.5 Å². The van der Waals surface area contributed by atoms with Crippen LogP contribution in [0.1, 0.15) is 25.8 Å². The molecule has 3 aliphatic rings. The first kappa shape index (κ1) is 20.9. The van der Waals surface area contributed by atoms with Crippen molar-refractivity contribution in [3.05, 3.63) is 53.9 Å². The van der Waals surface area contributed by atoms with E-state index in [1.54, 1.807) is 6.20 Å². The summed E-state index contributed by atoms with van der Waals surface area (Å²) in [4.78, 5) is 29.8. The Hall–Kier alpha value is -3.68. The van der Waals surface area contributed by atoms with Gasteiger partial charge in [-0.3, -0.25) is 9.79 Å². The Bertz CT molecular complexity index is 1360. The number of anilines is 2. The molecule has 3 aromatic rings. The number of aliphatic imine (C=N–C) groups is 1. The molecule has 8 nitrogen and oxygen atoms in total. The van der Waals surface area contributed by atoms with Gasteiger partial charge in [-0.1, -0.05) is 13.0 Å². The van der Waals surface area contributed by atoms with Crippen LogP contribution >= 0.6 is 0 Å². The predicted molar refractivity (Wildman–Crippen MR) is 135 cm³/mol. The van der Waals surface area contributed by atoms with Gasteiger partial charge in [0.25, 0.3) is 0 Å². The summed E-state index contributed by atoms with van der Waals surface area (Å²) in [5.41, 5.74) is 2.99. The maximum absolute atomic E-state index is 13.2. The lowest BCUT2D eigenvalue weighted by Gasteiger charge is -2.35. The first-order chi connectivity index (χ1) is 16.4. The molecule has 174 valence electrons. The summed E-state index contributed by atoms with van der Waals surface area (Å²) in [6.45, 7) is 6.81. The third-order valence-corrected chi connectivity index (χ3v) is 7.59. The lowest BCUT2D eigenvalue weighted by Crippen LogP contribution is -2.47. The number of amides is 1. The van der Waals surface area contributed by atoms with Gasteiger partial charge >= 0.3 is 0 Å². The number of aromatic nitrogens is 3. The fourth-order valence-electron chi connectivity index (χ4n) is 5.47. The molecule has 1 amide bonds. The van der Waals surface area contributed by atoms with Crippen molar-refractivity contribution in [3.8, 4) is 0 Å². The molecule has 6 heterocycles. The molecule has 0 aliphatic carbocycles. The number of carbonyl (C=O) groups is 1. The fraction of sp³-hybridized carbons (Fsp3) is 0.385. The van der Waals surface area contributed by atoms with Crippen molar-refractivity contribution in [3.63, 3.8) is 0 Å². The van der Waals surface area contributed by atoms with E-state index < -0.39 is 5.41 Å². The van der Waals surface area contributed by atoms with Crippen molar-refractivity contribution in [2.24, 2.45) is 23.4 Å². The second-order valence-corrected chi connectivity index (χ2v) is 9.86. The summed E-state index contributed by atoms with van der Waals surface area (Å²) in [6, 6.07) is 9.78. The second-order valence-electron chi connectivity index (χ2n) is 9.86. The third kappa shape index (κ3) is 3.12. The van der Waals surface area contributed by atoms with Crippen LogP contribution in [0.5, 0.6) is 0 Å². The molecule has 2 saturated heterocycles. The van der Waals surface area contributed by atoms with Gasteiger partial charge in [-0.15, -0.1) is 0 Å². The van der Waals surface area contributed by atoms with Crippen molar-refractivity contribution >= 4 is 40.5 Å². The van der Waals surface area contributed by atoms with Crippen molar-refractivity contribution in [1.82, 2.24) is 19.9 Å². The predicted octanol–water partition coefficient (Wildman–Crippen LogP) is 3.23. The zero-order valence-electron chi connectivity index (χ0n) is 19.7. The average Bonchev–Trinajstić information content (AvgIpc) is 3.53. The van der Waals surface area contributed by atoms with E-state index in [1.165, 1.54) is 6.42 Å². The minimum atomic E-state index is -0.763. The highest BCUT2D eigenvalue weighted by Gasteiger charge is 2.51. The van der Waals surface area contributed by atoms with Crippen LogP contribution in [-0.2, 0) is 11.8 Å². The Morgan fingerprint density at radius 2 is 2.12 bits per heavy atom. The maximum Gasteiger partial charge on any atom is 0.232 e. The summed E-state index contributed by atoms with van der Waals surface area (Å²) < 4.78 is 2.00. The molecule has 3 aromatic heterocycles. The monoisotopic (exact) mass is 455 g/mol. The fourth-order valence-corrected chi connectivity index (χ4v) is 5.47. The van der Waals surface area contributed by atoms with Crippen molar-refractivity contribution in [2.45, 2.75) is 26.3 Å². The highest BCUT2D eigenvalue weighted by Crippen LogP contribution is 2.44. The average molecular weight is 456 g/mol. The van der Waals surface area contributed by atoms with Gasteiger partial charge in [-0.05, 0) is 49.1 Å². The SMILES string of the molecule is C[C@@H]1CCN(c2cccc(NC3C=NC(c4ccnc5c4ccn5C)=C4CNC(=O)C43C)n2)C1. The minimum absolute atomic E-state index is 0.00605. The number of hydrogen-bond donors (Lipinski definition) is 2. The number of pyridine rings is 2. The van der Waals surface area contributed by atoms with Crippen molar-refractivity contribution in [2.75, 3.05) is 29.9 Å². The molecular weight excluding hydrogens is 426 g/mol. The number of nitrogens with one attached hydrogen (secondary N) is 2. The zero-order valence-corrected chi connectivity index (χ0v) is 19.7. The molecule has 3 atom stereocenters. The lowest BCUT2D eigenvalue weighted by atomic mass is 9.74. The third-order valence-electron chi connectivity index (χ3n) is 7.59. The Morgan fingerprint density at radius 3 is 2.94 bits per heavy atom. The first-order valence-corrected chi connectivity index (χ1v) is 11.9. The highest BCUT2D eigenvalue weighted by molar-refractivity contribution is 6.03. The molecule has 0 aromatic carbocycles. The van der Waals surface area contributed by atoms with Crippen LogP contribution in [0.3, 0.4) is 0 Å². The molecule has 0 saturated carbocycles. The van der Waals surface area contributed by atoms with Crippen LogP contribution in [0.15, 0.2) is 53.3 Å². The second kappa shape index (κ2) is 7.68. The van der Waals surface area contributed by atoms with Gasteiger partial charge in [0.05, 0.1) is 17.2 Å². The molecule has 2 N–H and O–H groups in total. The smallest absolute Gasteiger partial charge is 0.232 e. The Morgan fingerprint density at radius 1 is 1.24 bits per heavy atom. The van der Waals surface area contributed by atoms with E-state index >= 15 is 0 Å². The maximum atomic E-state index is 13.2. The van der Waals surface area contributed by atoms with Gasteiger partial charge in [0.1, 0.15) is 17.3 Å². The van der Waals surface area contributed by atoms with Crippen LogP contribution in [0.2, 0.25) is 0 Å². The van der Waals surface area contributed by atoms with Crippen LogP contribution < -0.4 is 15.5 Å². The molecule has 2 fully saturated rings. The standard InChI is InChI=1S/C26H29N7O/c1-16-8-12-33(15-16)22-6-4-5-21(31-22)30-20-14-28-23(19-13-29-25(34)26(19,20)2)17-7-10-27-24-18(17)9-11-32(24)3/h4-7,9-11,14,16,20H,8,12-13,15H2,1-3H3,(H,29,34)(H,30,31)/t16-,20?,26?/m1/s1. The van der Waals surface area contributed by atoms with Crippen molar-refractivity contribution in [1.29, 1.82) is 0 Å². The van der Waals surface area contributed by atoms with E-state index in [0.717, 1.165) is 52.6 Å². The van der Waals surface area contributed by atoms with Gasteiger partial charge in [0.2, 0.25) is 5.91 Å². The number of carbonyl (C=O) groups excluding carboxylic acids is 1. The summed E-state index contributed by atoms with van der Waals surface area (Å²) in [5, 5.41) is 7.61. The van der Waals surface area contributed by atoms with Gasteiger partial charge < -0.3 is 20.1 Å². The largest absolute Gasteiger partial charge is 0.361 e. The van der Waals surface area contributed by atoms with Gasteiger partial charge in [-0.2, -0.15) is 0 Å². The van der Waals surface area contributed by atoms with Gasteiger partial charge in [0.15, 0.2) is 0 Å². The molecule has 34 heavy (non-hydrogen) atoms. The summed E-state index contributed by atoms with van der Waals surface area (Å²) >= 11 is 0. The van der Waals surface area contributed by atoms with Crippen LogP contribution in [0.4, 0.5) is 11.6 Å². The molecular formula is C26H29N7O. The van der Waals surface area contributed by atoms with Crippen molar-refractivity contribution < 1.29 is 4.79 Å². The lowest BCUT2D eigenvalue weighted by molar-refractivity contribution is -0.125. The molecule has 0 bridgehead atoms. The molecule has 8 heteroatoms. The van der Waals surface area contributed by atoms with E-state index in [9.17, 15) is 4.79 Å². The molecule has 6 rings (SSSR count). The number of hydrogen-bond acceptors (Lipinski definition) is 6. The normalized spacial score (nSPS) is 26.3. The molecule has 0 radical (unpaired) electrons.